The van der Waals surface area contributed by atoms with Gasteiger partial charge in [0.1, 0.15) is 22.6 Å². The Morgan fingerprint density at radius 3 is 2.85 bits per heavy atom. The van der Waals surface area contributed by atoms with Crippen LogP contribution in [0.2, 0.25) is 5.02 Å². The largest absolute Gasteiger partial charge is 0.424 e. The number of anilines is 1. The van der Waals surface area contributed by atoms with Crippen molar-refractivity contribution in [3.63, 3.8) is 0 Å². The molecule has 1 fully saturated rings. The van der Waals surface area contributed by atoms with E-state index in [0.717, 1.165) is 12.8 Å². The Hall–Kier alpha value is -3.46. The van der Waals surface area contributed by atoms with Crippen molar-refractivity contribution in [1.29, 1.82) is 0 Å². The molecule has 0 spiro atoms. The van der Waals surface area contributed by atoms with E-state index in [-0.39, 0.29) is 23.4 Å². The first-order valence-corrected chi connectivity index (χ1v) is 11.6. The highest BCUT2D eigenvalue weighted by atomic mass is 35.5. The zero-order valence-corrected chi connectivity index (χ0v) is 19.6. The number of carbonyl (C=O) groups is 1. The summed E-state index contributed by atoms with van der Waals surface area (Å²) in [6.07, 6.45) is 4.80. The normalized spacial score (nSPS) is 18.4. The number of nitrogens with one attached hydrogen (secondary N) is 1. The van der Waals surface area contributed by atoms with Crippen molar-refractivity contribution in [1.82, 2.24) is 24.9 Å². The number of amides is 1. The van der Waals surface area contributed by atoms with Crippen LogP contribution < -0.4 is 5.32 Å². The number of benzene rings is 2. The molecule has 2 atom stereocenters. The van der Waals surface area contributed by atoms with Crippen molar-refractivity contribution >= 4 is 34.6 Å². The summed E-state index contributed by atoms with van der Waals surface area (Å²) in [6, 6.07) is 8.50. The van der Waals surface area contributed by atoms with Gasteiger partial charge in [0.25, 0.3) is 11.9 Å². The van der Waals surface area contributed by atoms with Gasteiger partial charge in [0.15, 0.2) is 5.58 Å². The van der Waals surface area contributed by atoms with Crippen molar-refractivity contribution in [3.05, 3.63) is 64.7 Å². The maximum Gasteiger partial charge on any atom is 0.295 e. The van der Waals surface area contributed by atoms with Gasteiger partial charge in [0.2, 0.25) is 0 Å². The number of oxazole rings is 1. The zero-order chi connectivity index (χ0) is 23.8. The average molecular weight is 483 g/mol. The van der Waals surface area contributed by atoms with Gasteiger partial charge in [-0.05, 0) is 61.6 Å². The van der Waals surface area contributed by atoms with Crippen LogP contribution in [0.3, 0.4) is 0 Å². The average Bonchev–Trinajstić information content (AvgIpc) is 3.47. The Kier molecular flexibility index (Phi) is 5.95. The van der Waals surface area contributed by atoms with Gasteiger partial charge in [-0.2, -0.15) is 20.0 Å². The zero-order valence-electron chi connectivity index (χ0n) is 18.8. The van der Waals surface area contributed by atoms with E-state index >= 15 is 4.39 Å². The number of halogens is 2. The number of aromatic nitrogens is 4. The molecule has 1 aliphatic rings. The van der Waals surface area contributed by atoms with E-state index < -0.39 is 5.82 Å². The summed E-state index contributed by atoms with van der Waals surface area (Å²) in [5, 5.41) is 12.0. The number of nitrogens with zero attached hydrogens (tertiary/aromatic N) is 5. The van der Waals surface area contributed by atoms with E-state index in [1.165, 1.54) is 23.3 Å². The van der Waals surface area contributed by atoms with Crippen LogP contribution in [0.25, 0.3) is 16.8 Å². The summed E-state index contributed by atoms with van der Waals surface area (Å²) < 4.78 is 20.9. The molecule has 1 aliphatic heterocycles. The van der Waals surface area contributed by atoms with E-state index in [0.29, 0.717) is 46.5 Å². The maximum atomic E-state index is 15.2. The van der Waals surface area contributed by atoms with Gasteiger partial charge in [-0.25, -0.2) is 4.39 Å². The smallest absolute Gasteiger partial charge is 0.295 e. The van der Waals surface area contributed by atoms with Crippen molar-refractivity contribution in [2.24, 2.45) is 5.92 Å². The van der Waals surface area contributed by atoms with Crippen molar-refractivity contribution < 1.29 is 13.6 Å². The van der Waals surface area contributed by atoms with Gasteiger partial charge in [0.05, 0.1) is 18.4 Å². The lowest BCUT2D eigenvalue weighted by Crippen LogP contribution is -2.51. The fraction of sp³-hybridized carbons (Fsp3) is 0.333. The van der Waals surface area contributed by atoms with Crippen molar-refractivity contribution in [2.45, 2.75) is 32.7 Å². The minimum atomic E-state index is -0.585. The van der Waals surface area contributed by atoms with Crippen LogP contribution in [0.1, 0.15) is 35.7 Å². The second-order valence-electron chi connectivity index (χ2n) is 8.66. The SMILES string of the molecule is Cc1cc(F)c(C(=O)N2CCCC(C)C2CNc2nc3cc(Cl)ccc3o2)c(-n2nccn2)c1. The molecule has 5 rings (SSSR count). The number of hydrogen-bond acceptors (Lipinski definition) is 6. The molecule has 8 nitrogen and oxygen atoms in total. The number of carbonyl (C=O) groups excluding carboxylic acids is 1. The van der Waals surface area contributed by atoms with Gasteiger partial charge in [-0.15, -0.1) is 0 Å². The van der Waals surface area contributed by atoms with Gasteiger partial charge in [0, 0.05) is 18.1 Å². The number of fused-ring (bicyclic) bond motifs is 1. The number of rotatable bonds is 5. The van der Waals surface area contributed by atoms with Gasteiger partial charge >= 0.3 is 0 Å². The van der Waals surface area contributed by atoms with Crippen molar-refractivity contribution in [3.8, 4) is 5.69 Å². The molecule has 0 saturated carbocycles. The topological polar surface area (TPSA) is 89.1 Å². The number of hydrogen-bond donors (Lipinski definition) is 1. The third-order valence-corrected chi connectivity index (χ3v) is 6.49. The third kappa shape index (κ3) is 4.23. The molecule has 34 heavy (non-hydrogen) atoms. The molecule has 176 valence electrons. The van der Waals surface area contributed by atoms with Crippen LogP contribution in [0.15, 0.2) is 47.1 Å². The predicted molar refractivity (Wildman–Crippen MR) is 127 cm³/mol. The highest BCUT2D eigenvalue weighted by molar-refractivity contribution is 6.31. The Labute approximate surface area is 200 Å². The lowest BCUT2D eigenvalue weighted by molar-refractivity contribution is 0.0534. The Balaban J connectivity index is 1.43. The van der Waals surface area contributed by atoms with Crippen LogP contribution >= 0.6 is 11.6 Å². The molecule has 1 amide bonds. The van der Waals surface area contributed by atoms with Crippen LogP contribution in [-0.2, 0) is 0 Å². The Morgan fingerprint density at radius 1 is 1.26 bits per heavy atom. The first kappa shape index (κ1) is 22.3. The number of likely N-dealkylation sites (tertiary alicyclic amines) is 1. The minimum absolute atomic E-state index is 0.0302. The summed E-state index contributed by atoms with van der Waals surface area (Å²) >= 11 is 6.04. The Bertz CT molecular complexity index is 1340. The fourth-order valence-electron chi connectivity index (χ4n) is 4.56. The molecular formula is C24H24ClFN6O2. The second-order valence-corrected chi connectivity index (χ2v) is 9.09. The summed E-state index contributed by atoms with van der Waals surface area (Å²) in [5.41, 5.74) is 2.25. The van der Waals surface area contributed by atoms with Gasteiger partial charge < -0.3 is 14.6 Å². The molecule has 10 heteroatoms. The quantitative estimate of drug-likeness (QED) is 0.437. The monoisotopic (exact) mass is 482 g/mol. The number of aryl methyl sites for hydroxylation is 1. The summed E-state index contributed by atoms with van der Waals surface area (Å²) in [7, 11) is 0. The maximum absolute atomic E-state index is 15.2. The molecule has 2 aromatic carbocycles. The van der Waals surface area contributed by atoms with Crippen molar-refractivity contribution in [2.75, 3.05) is 18.4 Å². The predicted octanol–water partition coefficient (Wildman–Crippen LogP) is 4.86. The van der Waals surface area contributed by atoms with E-state index in [9.17, 15) is 4.79 Å². The van der Waals surface area contributed by atoms with E-state index in [2.05, 4.69) is 27.4 Å². The van der Waals surface area contributed by atoms with Crippen LogP contribution in [0.5, 0.6) is 0 Å². The third-order valence-electron chi connectivity index (χ3n) is 6.25. The second kappa shape index (κ2) is 9.06. The summed E-state index contributed by atoms with van der Waals surface area (Å²) in [4.78, 5) is 21.2. The standard InChI is InChI=1S/C24H24ClFN6O2/c1-14-10-17(26)22(19(11-14)32-28-7-8-29-32)23(33)31-9-3-4-15(2)20(31)13-27-24-30-18-12-16(25)5-6-21(18)34-24/h5-8,10-12,15,20H,3-4,9,13H2,1-2H3,(H,27,30). The van der Waals surface area contributed by atoms with Gasteiger partial charge in [-0.1, -0.05) is 18.5 Å². The molecule has 2 unspecified atom stereocenters. The van der Waals surface area contributed by atoms with E-state index in [1.807, 2.05) is 0 Å². The molecule has 0 radical (unpaired) electrons. The first-order chi connectivity index (χ1) is 16.4. The van der Waals surface area contributed by atoms with E-state index in [4.69, 9.17) is 16.0 Å². The number of piperidine rings is 1. The van der Waals surface area contributed by atoms with Crippen LogP contribution in [-0.4, -0.2) is 49.9 Å². The molecule has 4 aromatic rings. The first-order valence-electron chi connectivity index (χ1n) is 11.2. The van der Waals surface area contributed by atoms with Gasteiger partial charge in [-0.3, -0.25) is 4.79 Å². The highest BCUT2D eigenvalue weighted by Gasteiger charge is 2.35. The summed E-state index contributed by atoms with van der Waals surface area (Å²) in [5.74, 6) is -0.769. The fourth-order valence-corrected chi connectivity index (χ4v) is 4.72. The molecular weight excluding hydrogens is 459 g/mol. The molecule has 0 bridgehead atoms. The molecule has 2 aromatic heterocycles. The molecule has 3 heterocycles. The lowest BCUT2D eigenvalue weighted by Gasteiger charge is -2.40. The highest BCUT2D eigenvalue weighted by Crippen LogP contribution is 2.29. The molecule has 0 aliphatic carbocycles. The lowest BCUT2D eigenvalue weighted by atomic mass is 9.90. The minimum Gasteiger partial charge on any atom is -0.424 e. The Morgan fingerprint density at radius 2 is 2.06 bits per heavy atom. The van der Waals surface area contributed by atoms with E-state index in [1.54, 1.807) is 36.1 Å². The molecule has 1 N–H and O–H groups in total. The van der Waals surface area contributed by atoms with Crippen LogP contribution in [0, 0.1) is 18.7 Å². The molecule has 1 saturated heterocycles. The van der Waals surface area contributed by atoms with Crippen LogP contribution in [0.4, 0.5) is 10.4 Å². The summed E-state index contributed by atoms with van der Waals surface area (Å²) in [6.45, 7) is 4.81.